The SMILES string of the molecule is O=C(CN1C(=O)C2(CCN(Cc3ccccc3)CC2)c2c(Br)cccc21)NCC(F)(F)F. The highest BCUT2D eigenvalue weighted by Gasteiger charge is 2.53. The lowest BCUT2D eigenvalue weighted by Crippen LogP contribution is -2.50. The molecule has 0 radical (unpaired) electrons. The Bertz CT molecular complexity index is 1010. The molecule has 5 nitrogen and oxygen atoms in total. The van der Waals surface area contributed by atoms with Crippen LogP contribution in [-0.2, 0) is 21.5 Å². The molecule has 0 unspecified atom stereocenters. The maximum Gasteiger partial charge on any atom is 0.405 e. The highest BCUT2D eigenvalue weighted by atomic mass is 79.9. The van der Waals surface area contributed by atoms with Crippen LogP contribution in [0.15, 0.2) is 53.0 Å². The molecule has 0 saturated carbocycles. The van der Waals surface area contributed by atoms with E-state index in [0.717, 1.165) is 16.6 Å². The van der Waals surface area contributed by atoms with Crippen LogP contribution in [0.5, 0.6) is 0 Å². The van der Waals surface area contributed by atoms with Crippen LogP contribution in [0.1, 0.15) is 24.0 Å². The maximum absolute atomic E-state index is 13.6. The van der Waals surface area contributed by atoms with E-state index in [1.807, 2.05) is 29.6 Å². The largest absolute Gasteiger partial charge is 0.405 e. The van der Waals surface area contributed by atoms with Gasteiger partial charge in [-0.3, -0.25) is 14.5 Å². The third kappa shape index (κ3) is 4.54. The van der Waals surface area contributed by atoms with Gasteiger partial charge in [-0.15, -0.1) is 0 Å². The van der Waals surface area contributed by atoms with Gasteiger partial charge in [0, 0.05) is 22.3 Å². The lowest BCUT2D eigenvalue weighted by Gasteiger charge is -2.38. The van der Waals surface area contributed by atoms with Crippen LogP contribution in [0.4, 0.5) is 18.9 Å². The van der Waals surface area contributed by atoms with Crippen LogP contribution in [0.25, 0.3) is 0 Å². The first kappa shape index (κ1) is 22.8. The number of nitrogens with zero attached hydrogens (tertiary/aromatic N) is 2. The van der Waals surface area contributed by atoms with Crippen molar-refractivity contribution in [3.63, 3.8) is 0 Å². The molecule has 170 valence electrons. The number of anilines is 1. The van der Waals surface area contributed by atoms with Crippen molar-refractivity contribution < 1.29 is 22.8 Å². The topological polar surface area (TPSA) is 52.7 Å². The molecule has 2 aliphatic rings. The van der Waals surface area contributed by atoms with Gasteiger partial charge in [-0.25, -0.2) is 0 Å². The Labute approximate surface area is 192 Å². The summed E-state index contributed by atoms with van der Waals surface area (Å²) < 4.78 is 38.2. The Hall–Kier alpha value is -2.39. The Kier molecular flexibility index (Phi) is 6.31. The minimum atomic E-state index is -4.50. The van der Waals surface area contributed by atoms with Crippen LogP contribution >= 0.6 is 15.9 Å². The molecule has 0 aromatic heterocycles. The number of benzene rings is 2. The third-order valence-electron chi connectivity index (χ3n) is 6.16. The molecule has 2 amide bonds. The van der Waals surface area contributed by atoms with Gasteiger partial charge in [0.25, 0.3) is 0 Å². The second-order valence-electron chi connectivity index (χ2n) is 8.26. The quantitative estimate of drug-likeness (QED) is 0.662. The Balaban J connectivity index is 1.52. The van der Waals surface area contributed by atoms with Gasteiger partial charge in [-0.2, -0.15) is 13.2 Å². The summed E-state index contributed by atoms with van der Waals surface area (Å²) in [5.74, 6) is -1.05. The highest BCUT2D eigenvalue weighted by molar-refractivity contribution is 9.10. The Morgan fingerprint density at radius 1 is 1.06 bits per heavy atom. The molecule has 2 aromatic rings. The van der Waals surface area contributed by atoms with Crippen molar-refractivity contribution in [2.45, 2.75) is 31.0 Å². The van der Waals surface area contributed by atoms with Crippen molar-refractivity contribution >= 4 is 33.4 Å². The van der Waals surface area contributed by atoms with E-state index in [9.17, 15) is 22.8 Å². The minimum Gasteiger partial charge on any atom is -0.345 e. The van der Waals surface area contributed by atoms with Crippen molar-refractivity contribution in [1.82, 2.24) is 10.2 Å². The van der Waals surface area contributed by atoms with E-state index in [-0.39, 0.29) is 5.91 Å². The first-order valence-electron chi connectivity index (χ1n) is 10.4. The lowest BCUT2D eigenvalue weighted by atomic mass is 9.73. The molecule has 32 heavy (non-hydrogen) atoms. The van der Waals surface area contributed by atoms with E-state index in [4.69, 9.17) is 0 Å². The molecule has 1 saturated heterocycles. The van der Waals surface area contributed by atoms with Crippen molar-refractivity contribution in [2.75, 3.05) is 31.1 Å². The predicted octanol–water partition coefficient (Wildman–Crippen LogP) is 4.01. The Morgan fingerprint density at radius 3 is 2.41 bits per heavy atom. The molecule has 9 heteroatoms. The van der Waals surface area contributed by atoms with Gasteiger partial charge in [0.2, 0.25) is 11.8 Å². The van der Waals surface area contributed by atoms with Gasteiger partial charge in [0.05, 0.1) is 5.41 Å². The fraction of sp³-hybridized carbons (Fsp3) is 0.391. The second-order valence-corrected chi connectivity index (χ2v) is 9.12. The van der Waals surface area contributed by atoms with Crippen molar-refractivity contribution in [3.8, 4) is 0 Å². The molecule has 2 heterocycles. The second kappa shape index (κ2) is 8.86. The first-order valence-corrected chi connectivity index (χ1v) is 11.2. The molecule has 0 atom stereocenters. The molecule has 4 rings (SSSR count). The van der Waals surface area contributed by atoms with Crippen LogP contribution < -0.4 is 10.2 Å². The van der Waals surface area contributed by atoms with Gasteiger partial charge < -0.3 is 10.2 Å². The van der Waals surface area contributed by atoms with Crippen molar-refractivity contribution in [1.29, 1.82) is 0 Å². The summed E-state index contributed by atoms with van der Waals surface area (Å²) in [6, 6.07) is 15.5. The molecule has 0 aliphatic carbocycles. The minimum absolute atomic E-state index is 0.221. The van der Waals surface area contributed by atoms with Crippen LogP contribution in [0, 0.1) is 0 Å². The Morgan fingerprint density at radius 2 is 1.75 bits per heavy atom. The summed E-state index contributed by atoms with van der Waals surface area (Å²) in [5, 5.41) is 1.86. The summed E-state index contributed by atoms with van der Waals surface area (Å²) in [7, 11) is 0. The van der Waals surface area contributed by atoms with Gasteiger partial charge in [0.15, 0.2) is 0 Å². The van der Waals surface area contributed by atoms with Crippen LogP contribution in [0.3, 0.4) is 0 Å². The van der Waals surface area contributed by atoms with Gasteiger partial charge >= 0.3 is 6.18 Å². The molecule has 2 aromatic carbocycles. The fourth-order valence-electron chi connectivity index (χ4n) is 4.64. The highest BCUT2D eigenvalue weighted by Crippen LogP contribution is 2.50. The van der Waals surface area contributed by atoms with E-state index < -0.39 is 30.6 Å². The molecule has 1 fully saturated rings. The summed E-state index contributed by atoms with van der Waals surface area (Å²) in [6.07, 6.45) is -3.34. The molecule has 1 N–H and O–H groups in total. The predicted molar refractivity (Wildman–Crippen MR) is 118 cm³/mol. The molecule has 1 spiro atoms. The number of likely N-dealkylation sites (tertiary alicyclic amines) is 1. The zero-order valence-corrected chi connectivity index (χ0v) is 18.9. The third-order valence-corrected chi connectivity index (χ3v) is 6.82. The number of nitrogens with one attached hydrogen (secondary N) is 1. The average Bonchev–Trinajstić information content (AvgIpc) is 2.98. The number of hydrogen-bond acceptors (Lipinski definition) is 3. The summed E-state index contributed by atoms with van der Waals surface area (Å²) in [6.45, 7) is 0.342. The van der Waals surface area contributed by atoms with E-state index in [0.29, 0.717) is 31.6 Å². The number of hydrogen-bond donors (Lipinski definition) is 1. The zero-order valence-electron chi connectivity index (χ0n) is 17.3. The first-order chi connectivity index (χ1) is 15.2. The number of carbonyl (C=O) groups is 2. The molecule has 0 bridgehead atoms. The number of rotatable bonds is 5. The van der Waals surface area contributed by atoms with E-state index in [1.54, 1.807) is 12.1 Å². The molecular weight excluding hydrogens is 487 g/mol. The normalized spacial score (nSPS) is 18.1. The number of halogens is 4. The summed E-state index contributed by atoms with van der Waals surface area (Å²) in [4.78, 5) is 29.4. The van der Waals surface area contributed by atoms with E-state index >= 15 is 0 Å². The monoisotopic (exact) mass is 509 g/mol. The standard InChI is InChI=1S/C23H23BrF3N3O2/c24-17-7-4-8-18-20(17)22(21(32)30(18)14-19(31)28-15-23(25,26)27)9-11-29(12-10-22)13-16-5-2-1-3-6-16/h1-8H,9-15H2,(H,28,31). The van der Waals surface area contributed by atoms with Crippen LogP contribution in [0.2, 0.25) is 0 Å². The van der Waals surface area contributed by atoms with Crippen molar-refractivity contribution in [2.24, 2.45) is 0 Å². The smallest absolute Gasteiger partial charge is 0.345 e. The van der Waals surface area contributed by atoms with Gasteiger partial charge in [-0.1, -0.05) is 52.3 Å². The zero-order chi connectivity index (χ0) is 22.9. The molecule has 2 aliphatic heterocycles. The van der Waals surface area contributed by atoms with Crippen LogP contribution in [-0.4, -0.2) is 49.1 Å². The lowest BCUT2D eigenvalue weighted by molar-refractivity contribution is -0.138. The average molecular weight is 510 g/mol. The number of carbonyl (C=O) groups excluding carboxylic acids is 2. The number of alkyl halides is 3. The van der Waals surface area contributed by atoms with Gasteiger partial charge in [-0.05, 0) is 43.6 Å². The fourth-order valence-corrected chi connectivity index (χ4v) is 5.37. The maximum atomic E-state index is 13.6. The molecular formula is C23H23BrF3N3O2. The number of amides is 2. The summed E-state index contributed by atoms with van der Waals surface area (Å²) >= 11 is 3.56. The van der Waals surface area contributed by atoms with Gasteiger partial charge in [0.1, 0.15) is 13.1 Å². The number of fused-ring (bicyclic) bond motifs is 2. The summed E-state index contributed by atoms with van der Waals surface area (Å²) in [5.41, 5.74) is 1.83. The number of piperidine rings is 1. The van der Waals surface area contributed by atoms with E-state index in [2.05, 4.69) is 33.0 Å². The van der Waals surface area contributed by atoms with Crippen molar-refractivity contribution in [3.05, 3.63) is 64.1 Å². The van der Waals surface area contributed by atoms with E-state index in [1.165, 1.54) is 10.5 Å².